The molecule has 0 amide bonds. The molecule has 2 fully saturated rings. The standard InChI is InChI=1S/C11H12N2O3/c1-6-7(12-2-3-12)10(15)11(16)8(9(6)14)13-4-5-13/h16H,2-5H2,1H3. The lowest BCUT2D eigenvalue weighted by molar-refractivity contribution is -0.119. The summed E-state index contributed by atoms with van der Waals surface area (Å²) in [6.07, 6.45) is 0. The zero-order chi connectivity index (χ0) is 11.4. The lowest BCUT2D eigenvalue weighted by Gasteiger charge is -2.20. The molecule has 0 atom stereocenters. The number of carbonyl (C=O) groups is 2. The highest BCUT2D eigenvalue weighted by Crippen LogP contribution is 2.32. The predicted molar refractivity (Wildman–Crippen MR) is 55.5 cm³/mol. The van der Waals surface area contributed by atoms with Crippen LogP contribution in [-0.4, -0.2) is 52.7 Å². The van der Waals surface area contributed by atoms with Crippen LogP contribution in [0.3, 0.4) is 0 Å². The number of aliphatic hydroxyl groups excluding tert-OH is 1. The van der Waals surface area contributed by atoms with Gasteiger partial charge in [-0.2, -0.15) is 0 Å². The van der Waals surface area contributed by atoms with E-state index in [9.17, 15) is 14.7 Å². The van der Waals surface area contributed by atoms with E-state index < -0.39 is 5.78 Å². The minimum absolute atomic E-state index is 0.188. The fourth-order valence-electron chi connectivity index (χ4n) is 2.00. The number of nitrogens with zero attached hydrogens (tertiary/aromatic N) is 2. The summed E-state index contributed by atoms with van der Waals surface area (Å²) in [5, 5.41) is 9.79. The molecule has 0 aromatic heterocycles. The van der Waals surface area contributed by atoms with Crippen LogP contribution < -0.4 is 0 Å². The van der Waals surface area contributed by atoms with Crippen molar-refractivity contribution < 1.29 is 14.7 Å². The van der Waals surface area contributed by atoms with Crippen molar-refractivity contribution in [2.24, 2.45) is 0 Å². The van der Waals surface area contributed by atoms with Gasteiger partial charge in [0.1, 0.15) is 5.70 Å². The van der Waals surface area contributed by atoms with E-state index in [0.717, 1.165) is 26.2 Å². The van der Waals surface area contributed by atoms with E-state index in [0.29, 0.717) is 11.3 Å². The van der Waals surface area contributed by atoms with Crippen LogP contribution in [0, 0.1) is 0 Å². The molecule has 84 valence electrons. The molecule has 0 bridgehead atoms. The van der Waals surface area contributed by atoms with E-state index >= 15 is 0 Å². The van der Waals surface area contributed by atoms with Gasteiger partial charge in [-0.25, -0.2) is 0 Å². The second-order valence-electron chi connectivity index (χ2n) is 4.30. The Morgan fingerprint density at radius 2 is 1.44 bits per heavy atom. The third-order valence-electron chi connectivity index (χ3n) is 3.09. The molecular formula is C11H12N2O3. The van der Waals surface area contributed by atoms with Crippen LogP contribution in [0.25, 0.3) is 0 Å². The average molecular weight is 220 g/mol. The number of aliphatic hydroxyl groups is 1. The highest BCUT2D eigenvalue weighted by molar-refractivity contribution is 6.23. The molecule has 0 saturated carbocycles. The molecule has 16 heavy (non-hydrogen) atoms. The molecule has 2 saturated heterocycles. The number of hydrogen-bond acceptors (Lipinski definition) is 5. The molecule has 3 rings (SSSR count). The first-order valence-corrected chi connectivity index (χ1v) is 5.34. The summed E-state index contributed by atoms with van der Waals surface area (Å²) >= 11 is 0. The van der Waals surface area contributed by atoms with Crippen LogP contribution in [0.2, 0.25) is 0 Å². The summed E-state index contributed by atoms with van der Waals surface area (Å²) in [5.41, 5.74) is 1.03. The van der Waals surface area contributed by atoms with Crippen LogP contribution in [-0.2, 0) is 9.59 Å². The van der Waals surface area contributed by atoms with Gasteiger partial charge in [-0.05, 0) is 6.92 Å². The maximum absolute atomic E-state index is 12.0. The Bertz CT molecular complexity index is 424. The van der Waals surface area contributed by atoms with Crippen molar-refractivity contribution in [2.75, 3.05) is 26.2 Å². The molecule has 5 heteroatoms. The van der Waals surface area contributed by atoms with Gasteiger partial charge in [0.25, 0.3) is 0 Å². The zero-order valence-electron chi connectivity index (χ0n) is 8.99. The summed E-state index contributed by atoms with van der Waals surface area (Å²) in [6.45, 7) is 4.72. The Balaban J connectivity index is 2.06. The maximum atomic E-state index is 12.0. The summed E-state index contributed by atoms with van der Waals surface area (Å²) < 4.78 is 0. The number of hydrogen-bond donors (Lipinski definition) is 1. The number of rotatable bonds is 2. The van der Waals surface area contributed by atoms with E-state index in [2.05, 4.69) is 0 Å². The van der Waals surface area contributed by atoms with Gasteiger partial charge >= 0.3 is 0 Å². The number of ketones is 2. The van der Waals surface area contributed by atoms with Gasteiger partial charge in [-0.1, -0.05) is 0 Å². The van der Waals surface area contributed by atoms with E-state index in [1.807, 2.05) is 4.90 Å². The average Bonchev–Trinajstić information content (AvgIpc) is 3.07. The summed E-state index contributed by atoms with van der Waals surface area (Å²) in [5.74, 6) is -0.997. The maximum Gasteiger partial charge on any atom is 0.246 e. The SMILES string of the molecule is CC1=C(N2CC2)C(=O)C(O)=C(N2CC2)C1=O. The molecule has 5 nitrogen and oxygen atoms in total. The molecule has 3 aliphatic rings. The molecule has 0 aromatic rings. The van der Waals surface area contributed by atoms with Gasteiger partial charge in [0.2, 0.25) is 11.6 Å². The smallest absolute Gasteiger partial charge is 0.246 e. The highest BCUT2D eigenvalue weighted by Gasteiger charge is 2.42. The second-order valence-corrected chi connectivity index (χ2v) is 4.30. The Kier molecular flexibility index (Phi) is 1.70. The molecule has 0 aromatic carbocycles. The number of allylic oxidation sites excluding steroid dienone is 1. The molecule has 2 heterocycles. The van der Waals surface area contributed by atoms with Crippen molar-refractivity contribution in [1.82, 2.24) is 9.80 Å². The van der Waals surface area contributed by atoms with E-state index in [4.69, 9.17) is 0 Å². The quantitative estimate of drug-likeness (QED) is 0.516. The third-order valence-corrected chi connectivity index (χ3v) is 3.09. The van der Waals surface area contributed by atoms with E-state index in [1.54, 1.807) is 11.8 Å². The van der Waals surface area contributed by atoms with Gasteiger partial charge in [0.15, 0.2) is 5.76 Å². The third kappa shape index (κ3) is 1.17. The lowest BCUT2D eigenvalue weighted by atomic mass is 9.96. The van der Waals surface area contributed by atoms with Gasteiger partial charge in [0, 0.05) is 31.8 Å². The van der Waals surface area contributed by atoms with Crippen molar-refractivity contribution in [3.05, 3.63) is 22.7 Å². The number of Topliss-reactive ketones (excluding diaryl/α,β-unsaturated/α-hetero) is 2. The summed E-state index contributed by atoms with van der Waals surface area (Å²) in [7, 11) is 0. The van der Waals surface area contributed by atoms with Crippen molar-refractivity contribution in [2.45, 2.75) is 6.92 Å². The van der Waals surface area contributed by atoms with Crippen LogP contribution in [0.15, 0.2) is 22.7 Å². The summed E-state index contributed by atoms with van der Waals surface area (Å²) in [4.78, 5) is 27.5. The van der Waals surface area contributed by atoms with Crippen LogP contribution in [0.4, 0.5) is 0 Å². The van der Waals surface area contributed by atoms with Crippen molar-refractivity contribution in [1.29, 1.82) is 0 Å². The molecule has 0 unspecified atom stereocenters. The van der Waals surface area contributed by atoms with E-state index in [-0.39, 0.29) is 17.2 Å². The molecular weight excluding hydrogens is 208 g/mol. The topological polar surface area (TPSA) is 60.4 Å². The first-order valence-electron chi connectivity index (χ1n) is 5.34. The van der Waals surface area contributed by atoms with Gasteiger partial charge in [0.05, 0.1) is 5.70 Å². The van der Waals surface area contributed by atoms with Crippen molar-refractivity contribution in [3.63, 3.8) is 0 Å². The van der Waals surface area contributed by atoms with Gasteiger partial charge < -0.3 is 14.9 Å². The Morgan fingerprint density at radius 3 is 1.94 bits per heavy atom. The summed E-state index contributed by atoms with van der Waals surface area (Å²) in [6, 6.07) is 0. The lowest BCUT2D eigenvalue weighted by Crippen LogP contribution is -2.29. The van der Waals surface area contributed by atoms with Crippen molar-refractivity contribution in [3.8, 4) is 0 Å². The fourth-order valence-corrected chi connectivity index (χ4v) is 2.00. The van der Waals surface area contributed by atoms with Gasteiger partial charge in [-0.3, -0.25) is 9.59 Å². The largest absolute Gasteiger partial charge is 0.503 e. The Hall–Kier alpha value is -1.78. The first-order chi connectivity index (χ1) is 7.61. The molecule has 0 radical (unpaired) electrons. The molecule has 1 aliphatic carbocycles. The van der Waals surface area contributed by atoms with Crippen molar-refractivity contribution >= 4 is 11.6 Å². The molecule has 1 N–H and O–H groups in total. The number of carbonyl (C=O) groups excluding carboxylic acids is 2. The Labute approximate surface area is 92.6 Å². The fraction of sp³-hybridized carbons (Fsp3) is 0.455. The minimum atomic E-state index is -0.406. The highest BCUT2D eigenvalue weighted by atomic mass is 16.3. The first kappa shape index (κ1) is 9.45. The monoisotopic (exact) mass is 220 g/mol. The molecule has 2 aliphatic heterocycles. The molecule has 0 spiro atoms. The van der Waals surface area contributed by atoms with Crippen LogP contribution >= 0.6 is 0 Å². The normalized spacial score (nSPS) is 24.6. The van der Waals surface area contributed by atoms with E-state index in [1.165, 1.54) is 0 Å². The minimum Gasteiger partial charge on any atom is -0.503 e. The van der Waals surface area contributed by atoms with Crippen LogP contribution in [0.1, 0.15) is 6.92 Å². The predicted octanol–water partition coefficient (Wildman–Crippen LogP) is -0.187. The van der Waals surface area contributed by atoms with Crippen LogP contribution in [0.5, 0.6) is 0 Å². The Morgan fingerprint density at radius 1 is 0.938 bits per heavy atom. The zero-order valence-corrected chi connectivity index (χ0v) is 8.99. The van der Waals surface area contributed by atoms with Gasteiger partial charge in [-0.15, -0.1) is 0 Å². The second kappa shape index (κ2) is 2.87.